The maximum absolute atomic E-state index is 12.2. The van der Waals surface area contributed by atoms with Gasteiger partial charge in [-0.05, 0) is 12.1 Å². The molecule has 0 saturated carbocycles. The first-order valence-corrected chi connectivity index (χ1v) is 7.57. The quantitative estimate of drug-likeness (QED) is 0.664. The maximum Gasteiger partial charge on any atom is 0.328 e. The number of aromatic amines is 1. The summed E-state index contributed by atoms with van der Waals surface area (Å²) >= 11 is 0. The number of nitrogens with zero attached hydrogens (tertiary/aromatic N) is 5. The Kier molecular flexibility index (Phi) is 4.71. The van der Waals surface area contributed by atoms with Gasteiger partial charge in [0.05, 0.1) is 6.20 Å². The normalized spacial score (nSPS) is 10.3. The third kappa shape index (κ3) is 3.57. The van der Waals surface area contributed by atoms with Crippen LogP contribution in [0.15, 0.2) is 52.4 Å². The zero-order valence-corrected chi connectivity index (χ0v) is 13.4. The molecule has 3 heterocycles. The number of nitrogens with one attached hydrogen (secondary N) is 2. The first kappa shape index (κ1) is 16.8. The van der Waals surface area contributed by atoms with Gasteiger partial charge in [0.2, 0.25) is 5.91 Å². The molecule has 10 heteroatoms. The predicted molar refractivity (Wildman–Crippen MR) is 90.6 cm³/mol. The summed E-state index contributed by atoms with van der Waals surface area (Å²) in [6, 6.07) is 8.33. The SMILES string of the molecule is N#Cc1cnn(-c2ccccn2)c1NC(=O)CCn1ccc(=O)[nH]c1=O. The Balaban J connectivity index is 1.77. The average Bonchev–Trinajstić information content (AvgIpc) is 3.04. The highest BCUT2D eigenvalue weighted by Gasteiger charge is 2.15. The molecule has 0 aromatic carbocycles. The van der Waals surface area contributed by atoms with E-state index in [9.17, 15) is 19.6 Å². The Bertz CT molecular complexity index is 1090. The van der Waals surface area contributed by atoms with E-state index in [1.807, 2.05) is 6.07 Å². The second-order valence-electron chi connectivity index (χ2n) is 5.22. The van der Waals surface area contributed by atoms with Gasteiger partial charge in [0.25, 0.3) is 5.56 Å². The molecular weight excluding hydrogens is 338 g/mol. The van der Waals surface area contributed by atoms with Crippen LogP contribution < -0.4 is 16.6 Å². The molecule has 2 N–H and O–H groups in total. The molecule has 0 aliphatic heterocycles. The van der Waals surface area contributed by atoms with Crippen LogP contribution in [0, 0.1) is 11.3 Å². The highest BCUT2D eigenvalue weighted by molar-refractivity contribution is 5.91. The standard InChI is InChI=1S/C16H13N7O3/c17-9-11-10-19-23(12-3-1-2-6-18-12)15(11)20-13(24)4-7-22-8-5-14(25)21-16(22)26/h1-3,5-6,8,10H,4,7H2,(H,20,24)(H,21,25,26). The lowest BCUT2D eigenvalue weighted by atomic mass is 10.3. The van der Waals surface area contributed by atoms with E-state index in [1.165, 1.54) is 27.7 Å². The van der Waals surface area contributed by atoms with E-state index in [4.69, 9.17) is 0 Å². The van der Waals surface area contributed by atoms with Crippen LogP contribution in [-0.4, -0.2) is 30.2 Å². The molecule has 3 aromatic rings. The van der Waals surface area contributed by atoms with Gasteiger partial charge in [0.1, 0.15) is 11.6 Å². The number of amides is 1. The van der Waals surface area contributed by atoms with Crippen molar-refractivity contribution >= 4 is 11.7 Å². The number of aryl methyl sites for hydroxylation is 1. The molecule has 0 spiro atoms. The van der Waals surface area contributed by atoms with Gasteiger partial charge in [-0.25, -0.2) is 9.78 Å². The van der Waals surface area contributed by atoms with Crippen molar-refractivity contribution in [2.24, 2.45) is 0 Å². The van der Waals surface area contributed by atoms with Gasteiger partial charge in [-0.3, -0.25) is 14.6 Å². The summed E-state index contributed by atoms with van der Waals surface area (Å²) in [7, 11) is 0. The van der Waals surface area contributed by atoms with Crippen LogP contribution in [0.1, 0.15) is 12.0 Å². The number of H-pyrrole nitrogens is 1. The summed E-state index contributed by atoms with van der Waals surface area (Å²) in [6.45, 7) is 0.0705. The molecule has 26 heavy (non-hydrogen) atoms. The number of anilines is 1. The summed E-state index contributed by atoms with van der Waals surface area (Å²) in [5, 5.41) is 15.9. The molecule has 0 aliphatic carbocycles. The molecule has 0 atom stereocenters. The molecule has 3 rings (SSSR count). The van der Waals surface area contributed by atoms with Gasteiger partial charge in [0, 0.05) is 31.4 Å². The second kappa shape index (κ2) is 7.27. The first-order chi connectivity index (χ1) is 12.6. The lowest BCUT2D eigenvalue weighted by Gasteiger charge is -2.09. The van der Waals surface area contributed by atoms with Crippen molar-refractivity contribution in [2.75, 3.05) is 5.32 Å². The van der Waals surface area contributed by atoms with E-state index < -0.39 is 17.2 Å². The highest BCUT2D eigenvalue weighted by atomic mass is 16.2. The number of rotatable bonds is 5. The van der Waals surface area contributed by atoms with E-state index in [0.717, 1.165) is 0 Å². The Morgan fingerprint density at radius 2 is 2.15 bits per heavy atom. The minimum atomic E-state index is -0.596. The van der Waals surface area contributed by atoms with Crippen molar-refractivity contribution in [1.82, 2.24) is 24.3 Å². The Morgan fingerprint density at radius 3 is 2.85 bits per heavy atom. The lowest BCUT2D eigenvalue weighted by molar-refractivity contribution is -0.116. The van der Waals surface area contributed by atoms with Crippen molar-refractivity contribution in [3.05, 3.63) is 69.3 Å². The number of hydrogen-bond donors (Lipinski definition) is 2. The zero-order chi connectivity index (χ0) is 18.5. The zero-order valence-electron chi connectivity index (χ0n) is 13.4. The third-order valence-electron chi connectivity index (χ3n) is 3.49. The van der Waals surface area contributed by atoms with Crippen molar-refractivity contribution in [2.45, 2.75) is 13.0 Å². The van der Waals surface area contributed by atoms with Crippen LogP contribution in [0.25, 0.3) is 5.82 Å². The van der Waals surface area contributed by atoms with E-state index in [0.29, 0.717) is 5.82 Å². The van der Waals surface area contributed by atoms with Gasteiger partial charge in [0.15, 0.2) is 11.6 Å². The minimum Gasteiger partial charge on any atom is -0.309 e. The molecular formula is C16H13N7O3. The first-order valence-electron chi connectivity index (χ1n) is 7.57. The van der Waals surface area contributed by atoms with Crippen LogP contribution in [0.2, 0.25) is 0 Å². The number of hydrogen-bond acceptors (Lipinski definition) is 6. The molecule has 0 fully saturated rings. The molecule has 0 aliphatic rings. The lowest BCUT2D eigenvalue weighted by Crippen LogP contribution is -2.30. The second-order valence-corrected chi connectivity index (χ2v) is 5.22. The summed E-state index contributed by atoms with van der Waals surface area (Å²) in [4.78, 5) is 41.2. The van der Waals surface area contributed by atoms with Gasteiger partial charge in [-0.2, -0.15) is 15.0 Å². The third-order valence-corrected chi connectivity index (χ3v) is 3.49. The average molecular weight is 351 g/mol. The van der Waals surface area contributed by atoms with Crippen LogP contribution in [0.4, 0.5) is 5.82 Å². The van der Waals surface area contributed by atoms with Crippen molar-refractivity contribution in [3.8, 4) is 11.9 Å². The summed E-state index contributed by atoms with van der Waals surface area (Å²) < 4.78 is 2.56. The van der Waals surface area contributed by atoms with E-state index >= 15 is 0 Å². The van der Waals surface area contributed by atoms with Crippen LogP contribution in [-0.2, 0) is 11.3 Å². The van der Waals surface area contributed by atoms with Gasteiger partial charge in [-0.1, -0.05) is 6.07 Å². The largest absolute Gasteiger partial charge is 0.328 e. The van der Waals surface area contributed by atoms with Crippen LogP contribution in [0.3, 0.4) is 0 Å². The topological polar surface area (TPSA) is 138 Å². The Hall–Kier alpha value is -4.00. The van der Waals surface area contributed by atoms with E-state index in [2.05, 4.69) is 20.4 Å². The number of nitriles is 1. The smallest absolute Gasteiger partial charge is 0.309 e. The number of carbonyl (C=O) groups excluding carboxylic acids is 1. The van der Waals surface area contributed by atoms with Crippen molar-refractivity contribution < 1.29 is 4.79 Å². The molecule has 10 nitrogen and oxygen atoms in total. The summed E-state index contributed by atoms with van der Waals surface area (Å²) in [5.41, 5.74) is -0.916. The number of aromatic nitrogens is 5. The van der Waals surface area contributed by atoms with Gasteiger partial charge >= 0.3 is 5.69 Å². The fourth-order valence-corrected chi connectivity index (χ4v) is 2.24. The summed E-state index contributed by atoms with van der Waals surface area (Å²) in [6.07, 6.45) is 4.17. The summed E-state index contributed by atoms with van der Waals surface area (Å²) in [5.74, 6) is 0.225. The monoisotopic (exact) mass is 351 g/mol. The molecule has 0 radical (unpaired) electrons. The van der Waals surface area contributed by atoms with Gasteiger partial charge < -0.3 is 9.88 Å². The fourth-order valence-electron chi connectivity index (χ4n) is 2.24. The van der Waals surface area contributed by atoms with Crippen LogP contribution >= 0.6 is 0 Å². The number of pyridine rings is 1. The van der Waals surface area contributed by atoms with Crippen LogP contribution in [0.5, 0.6) is 0 Å². The van der Waals surface area contributed by atoms with Crippen molar-refractivity contribution in [1.29, 1.82) is 5.26 Å². The molecule has 3 aromatic heterocycles. The highest BCUT2D eigenvalue weighted by Crippen LogP contribution is 2.18. The molecule has 0 unspecified atom stereocenters. The molecule has 0 bridgehead atoms. The van der Waals surface area contributed by atoms with E-state index in [-0.39, 0.29) is 24.3 Å². The van der Waals surface area contributed by atoms with Crippen molar-refractivity contribution in [3.63, 3.8) is 0 Å². The van der Waals surface area contributed by atoms with Gasteiger partial charge in [-0.15, -0.1) is 0 Å². The molecule has 0 saturated heterocycles. The Morgan fingerprint density at radius 1 is 1.31 bits per heavy atom. The molecule has 1 amide bonds. The van der Waals surface area contributed by atoms with E-state index in [1.54, 1.807) is 24.4 Å². The number of carbonyl (C=O) groups is 1. The fraction of sp³-hybridized carbons (Fsp3) is 0.125. The minimum absolute atomic E-state index is 0.0375. The molecule has 130 valence electrons. The Labute approximate surface area is 146 Å². The predicted octanol–water partition coefficient (Wildman–Crippen LogP) is 0.0178. The maximum atomic E-state index is 12.2.